The molecule has 0 heterocycles. The van der Waals surface area contributed by atoms with Gasteiger partial charge in [0, 0.05) is 6.42 Å². The average molecular weight is 889 g/mol. The van der Waals surface area contributed by atoms with Gasteiger partial charge in [0.25, 0.3) is 7.82 Å². The van der Waals surface area contributed by atoms with Crippen LogP contribution in [0.3, 0.4) is 0 Å². The minimum atomic E-state index is -4.66. The Morgan fingerprint density at radius 1 is 0.525 bits per heavy atom. The molecule has 366 valence electrons. The normalized spacial score (nSPS) is 14.6. The number of hydrogen-bond acceptors (Lipinski definition) is 7. The maximum Gasteiger partial charge on any atom is 0.268 e. The maximum atomic E-state index is 13.0. The molecule has 0 aromatic rings. The maximum absolute atomic E-state index is 13.0. The number of carbonyl (C=O) groups is 1. The molecule has 4 unspecified atom stereocenters. The first-order valence-corrected chi connectivity index (χ1v) is 27.9. The van der Waals surface area contributed by atoms with E-state index >= 15 is 0 Å². The second kappa shape index (κ2) is 43.4. The predicted molar refractivity (Wildman–Crippen MR) is 258 cm³/mol. The molecule has 0 aromatic carbocycles. The lowest BCUT2D eigenvalue weighted by Gasteiger charge is -2.31. The smallest absolute Gasteiger partial charge is 0.268 e. The first-order valence-electron chi connectivity index (χ1n) is 26.5. The molecule has 0 bridgehead atoms. The van der Waals surface area contributed by atoms with E-state index in [0.29, 0.717) is 17.4 Å². The van der Waals surface area contributed by atoms with E-state index in [1.807, 2.05) is 21.1 Å². The number of aliphatic hydroxyl groups excluding tert-OH is 2. The van der Waals surface area contributed by atoms with Gasteiger partial charge < -0.3 is 34.0 Å². The predicted octanol–water partition coefficient (Wildman–Crippen LogP) is 13.7. The molecule has 0 fully saturated rings. The van der Waals surface area contributed by atoms with Crippen molar-refractivity contribution in [1.82, 2.24) is 5.32 Å². The number of nitrogens with zero attached hydrogens (tertiary/aromatic N) is 1. The molecule has 0 aromatic heterocycles. The molecule has 0 aliphatic rings. The number of rotatable bonds is 49. The van der Waals surface area contributed by atoms with Crippen molar-refractivity contribution >= 4 is 13.7 Å². The molecule has 0 aliphatic carbocycles. The summed E-state index contributed by atoms with van der Waals surface area (Å²) in [6.45, 7) is 4.47. The quantitative estimate of drug-likeness (QED) is 0.0315. The van der Waals surface area contributed by atoms with Crippen LogP contribution in [0.5, 0.6) is 0 Å². The van der Waals surface area contributed by atoms with Crippen LogP contribution in [0.2, 0.25) is 0 Å². The van der Waals surface area contributed by atoms with Gasteiger partial charge in [-0.3, -0.25) is 9.36 Å². The van der Waals surface area contributed by atoms with Gasteiger partial charge in [0.2, 0.25) is 5.91 Å². The molecule has 0 spiro atoms. The number of aliphatic hydroxyl groups is 2. The Balaban J connectivity index is 4.20. The van der Waals surface area contributed by atoms with Gasteiger partial charge in [-0.25, -0.2) is 0 Å². The Labute approximate surface area is 379 Å². The van der Waals surface area contributed by atoms with Gasteiger partial charge in [0.15, 0.2) is 0 Å². The van der Waals surface area contributed by atoms with Gasteiger partial charge in [-0.05, 0) is 12.8 Å². The Morgan fingerprint density at radius 3 is 1.16 bits per heavy atom. The lowest BCUT2D eigenvalue weighted by molar-refractivity contribution is -0.870. The fourth-order valence-electron chi connectivity index (χ4n) is 8.20. The van der Waals surface area contributed by atoms with Crippen LogP contribution >= 0.6 is 7.82 Å². The van der Waals surface area contributed by atoms with Crippen molar-refractivity contribution in [2.45, 2.75) is 283 Å². The number of hydrogen-bond donors (Lipinski definition) is 3. The number of carbonyl (C=O) groups excluding carboxylic acids is 1. The molecule has 9 nitrogen and oxygen atoms in total. The van der Waals surface area contributed by atoms with Crippen LogP contribution < -0.4 is 10.2 Å². The van der Waals surface area contributed by atoms with Gasteiger partial charge in [0.05, 0.1) is 39.9 Å². The molecule has 0 rings (SSSR count). The Kier molecular flexibility index (Phi) is 43.0. The van der Waals surface area contributed by atoms with Crippen LogP contribution in [-0.4, -0.2) is 79.8 Å². The summed E-state index contributed by atoms with van der Waals surface area (Å²) >= 11 is 0. The van der Waals surface area contributed by atoms with Crippen LogP contribution in [0.1, 0.15) is 264 Å². The highest BCUT2D eigenvalue weighted by Crippen LogP contribution is 2.38. The van der Waals surface area contributed by atoms with Gasteiger partial charge in [-0.1, -0.05) is 245 Å². The zero-order valence-electron chi connectivity index (χ0n) is 41.3. The van der Waals surface area contributed by atoms with Gasteiger partial charge in [0.1, 0.15) is 19.3 Å². The molecule has 0 saturated heterocycles. The first kappa shape index (κ1) is 60.5. The number of phosphoric acid groups is 1. The van der Waals surface area contributed by atoms with Crippen LogP contribution in [-0.2, 0) is 18.4 Å². The second-order valence-electron chi connectivity index (χ2n) is 19.7. The summed E-state index contributed by atoms with van der Waals surface area (Å²) in [5.41, 5.74) is 0. The summed E-state index contributed by atoms with van der Waals surface area (Å²) in [7, 11) is 1.14. The third kappa shape index (κ3) is 44.4. The van der Waals surface area contributed by atoms with E-state index in [9.17, 15) is 24.5 Å². The van der Waals surface area contributed by atoms with Crippen LogP contribution in [0, 0.1) is 0 Å². The minimum Gasteiger partial charge on any atom is -0.756 e. The van der Waals surface area contributed by atoms with Crippen molar-refractivity contribution in [3.63, 3.8) is 0 Å². The Morgan fingerprint density at radius 2 is 0.836 bits per heavy atom. The Hall–Kier alpha value is -0.540. The fourth-order valence-corrected chi connectivity index (χ4v) is 8.92. The summed E-state index contributed by atoms with van der Waals surface area (Å²) in [6.07, 6.45) is 45.8. The molecular formula is C51H105N2O7P. The van der Waals surface area contributed by atoms with E-state index in [2.05, 4.69) is 19.2 Å². The van der Waals surface area contributed by atoms with Gasteiger partial charge in [-0.2, -0.15) is 0 Å². The van der Waals surface area contributed by atoms with Crippen molar-refractivity contribution in [1.29, 1.82) is 0 Å². The van der Waals surface area contributed by atoms with E-state index in [4.69, 9.17) is 9.05 Å². The van der Waals surface area contributed by atoms with Gasteiger partial charge >= 0.3 is 0 Å². The number of amides is 1. The molecule has 0 radical (unpaired) electrons. The van der Waals surface area contributed by atoms with Crippen molar-refractivity contribution in [2.24, 2.45) is 0 Å². The average Bonchev–Trinajstić information content (AvgIpc) is 3.21. The number of likely N-dealkylation sites (N-methyl/N-ethyl adjacent to an activating group) is 1. The first-order chi connectivity index (χ1) is 29.4. The third-order valence-corrected chi connectivity index (χ3v) is 13.4. The summed E-state index contributed by atoms with van der Waals surface area (Å²) in [4.78, 5) is 25.5. The fraction of sp³-hybridized carbons (Fsp3) is 0.980. The highest BCUT2D eigenvalue weighted by atomic mass is 31.2. The van der Waals surface area contributed by atoms with E-state index in [1.54, 1.807) is 0 Å². The molecule has 10 heteroatoms. The van der Waals surface area contributed by atoms with E-state index < -0.39 is 32.7 Å². The van der Waals surface area contributed by atoms with Crippen LogP contribution in [0.15, 0.2) is 0 Å². The third-order valence-electron chi connectivity index (χ3n) is 12.4. The lowest BCUT2D eigenvalue weighted by Crippen LogP contribution is -2.51. The summed E-state index contributed by atoms with van der Waals surface area (Å²) in [5.74, 6) is -0.272. The molecule has 61 heavy (non-hydrogen) atoms. The van der Waals surface area contributed by atoms with Gasteiger partial charge in [-0.15, -0.1) is 0 Å². The molecule has 4 atom stereocenters. The summed E-state index contributed by atoms with van der Waals surface area (Å²) in [5, 5.41) is 24.7. The summed E-state index contributed by atoms with van der Waals surface area (Å²) < 4.78 is 23.2. The number of quaternary nitrogens is 1. The number of phosphoric ester groups is 1. The zero-order valence-corrected chi connectivity index (χ0v) is 42.2. The van der Waals surface area contributed by atoms with Crippen molar-refractivity contribution in [3.05, 3.63) is 0 Å². The van der Waals surface area contributed by atoms with Crippen molar-refractivity contribution in [3.8, 4) is 0 Å². The van der Waals surface area contributed by atoms with E-state index in [-0.39, 0.29) is 18.9 Å². The SMILES string of the molecule is CCCCCCCCCCCCCCCCCCCCCCCCCCCC(=O)NC(COP(=O)([O-])OCC[N+](C)(C)C)C(O)C(O)CCCCCCCCCCCCCC. The van der Waals surface area contributed by atoms with Crippen molar-refractivity contribution in [2.75, 3.05) is 40.9 Å². The minimum absolute atomic E-state index is 0.0367. The van der Waals surface area contributed by atoms with Crippen LogP contribution in [0.4, 0.5) is 0 Å². The van der Waals surface area contributed by atoms with E-state index in [0.717, 1.165) is 38.5 Å². The van der Waals surface area contributed by atoms with Crippen molar-refractivity contribution < 1.29 is 38.0 Å². The molecule has 0 aliphatic heterocycles. The molecular weight excluding hydrogens is 784 g/mol. The monoisotopic (exact) mass is 889 g/mol. The second-order valence-corrected chi connectivity index (χ2v) is 21.1. The topological polar surface area (TPSA) is 128 Å². The largest absolute Gasteiger partial charge is 0.756 e. The number of unbranched alkanes of at least 4 members (excludes halogenated alkanes) is 35. The zero-order chi connectivity index (χ0) is 45.1. The number of nitrogens with one attached hydrogen (secondary N) is 1. The van der Waals surface area contributed by atoms with E-state index in [1.165, 1.54) is 199 Å². The highest BCUT2D eigenvalue weighted by Gasteiger charge is 2.29. The highest BCUT2D eigenvalue weighted by molar-refractivity contribution is 7.45. The Bertz CT molecular complexity index is 981. The molecule has 0 saturated carbocycles. The molecule has 1 amide bonds. The summed E-state index contributed by atoms with van der Waals surface area (Å²) in [6, 6.07) is -1.07. The van der Waals surface area contributed by atoms with Crippen LogP contribution in [0.25, 0.3) is 0 Å². The molecule has 3 N–H and O–H groups in total. The lowest BCUT2D eigenvalue weighted by atomic mass is 9.99. The standard InChI is InChI=1S/C51H105N2O7P/c1-6-8-10-12-14-16-18-20-21-22-23-24-25-26-27-28-29-30-31-32-34-36-38-40-42-44-50(55)52-48(47-60-61(57,58)59-46-45-53(3,4)5)51(56)49(54)43-41-39-37-35-33-19-17-15-13-11-9-7-2/h48-49,51,54,56H,6-47H2,1-5H3,(H-,52,55,57,58).